The van der Waals surface area contributed by atoms with Crippen LogP contribution in [0.5, 0.6) is 0 Å². The van der Waals surface area contributed by atoms with E-state index >= 15 is 0 Å². The summed E-state index contributed by atoms with van der Waals surface area (Å²) < 4.78 is 0.734. The van der Waals surface area contributed by atoms with Crippen molar-refractivity contribution >= 4 is 44.8 Å². The third-order valence-electron chi connectivity index (χ3n) is 2.32. The molecule has 0 fully saturated rings. The first kappa shape index (κ1) is 13.5. The number of nitrogens with one attached hydrogen (secondary N) is 1. The van der Waals surface area contributed by atoms with E-state index in [1.165, 1.54) is 0 Å². The van der Waals surface area contributed by atoms with E-state index in [1.54, 1.807) is 35.0 Å². The minimum absolute atomic E-state index is 0.139. The van der Waals surface area contributed by atoms with Gasteiger partial charge in [-0.1, -0.05) is 11.6 Å². The van der Waals surface area contributed by atoms with Crippen LogP contribution in [0.15, 0.2) is 33.6 Å². The summed E-state index contributed by atoms with van der Waals surface area (Å²) in [5.41, 5.74) is 3.32. The minimum atomic E-state index is -0.139. The maximum Gasteiger partial charge on any atom is 0.252 e. The number of nitrogens with zero attached hydrogens (tertiary/aromatic N) is 1. The standard InChI is InChI=1S/C12H10BrClN2OS/c13-11-2-1-8(14)5-10(11)12(17)15-4-3-9-6-18-7-16-9/h1-2,5-7H,3-4H2,(H,15,17). The minimum Gasteiger partial charge on any atom is -0.352 e. The lowest BCUT2D eigenvalue weighted by atomic mass is 10.2. The van der Waals surface area contributed by atoms with E-state index in [1.807, 2.05) is 5.38 Å². The van der Waals surface area contributed by atoms with Crippen molar-refractivity contribution in [1.82, 2.24) is 10.3 Å². The molecular weight excluding hydrogens is 336 g/mol. The molecule has 6 heteroatoms. The summed E-state index contributed by atoms with van der Waals surface area (Å²) in [6, 6.07) is 5.14. The first-order chi connectivity index (χ1) is 8.66. The molecule has 0 saturated carbocycles. The van der Waals surface area contributed by atoms with Gasteiger partial charge >= 0.3 is 0 Å². The Bertz CT molecular complexity index is 545. The molecule has 0 bridgehead atoms. The normalized spacial score (nSPS) is 10.3. The molecule has 94 valence electrons. The summed E-state index contributed by atoms with van der Waals surface area (Å²) in [6.45, 7) is 0.557. The maximum atomic E-state index is 11.9. The Hall–Kier alpha value is -0.910. The number of carbonyl (C=O) groups excluding carboxylic acids is 1. The summed E-state index contributed by atoms with van der Waals surface area (Å²) in [5.74, 6) is -0.139. The molecule has 0 atom stereocenters. The Labute approximate surface area is 122 Å². The molecule has 0 radical (unpaired) electrons. The first-order valence-corrected chi connectivity index (χ1v) is 7.38. The van der Waals surface area contributed by atoms with Crippen molar-refractivity contribution in [2.75, 3.05) is 6.54 Å². The molecule has 2 aromatic rings. The average Bonchev–Trinajstić information content (AvgIpc) is 2.85. The number of benzene rings is 1. The fraction of sp³-hybridized carbons (Fsp3) is 0.167. The quantitative estimate of drug-likeness (QED) is 0.921. The average molecular weight is 346 g/mol. The molecule has 0 aliphatic carbocycles. The van der Waals surface area contributed by atoms with Crippen molar-refractivity contribution in [3.63, 3.8) is 0 Å². The van der Waals surface area contributed by atoms with Crippen LogP contribution < -0.4 is 5.32 Å². The Kier molecular flexibility index (Phi) is 4.74. The highest BCUT2D eigenvalue weighted by molar-refractivity contribution is 9.10. The van der Waals surface area contributed by atoms with Crippen LogP contribution in [0, 0.1) is 0 Å². The zero-order valence-electron chi connectivity index (χ0n) is 9.32. The lowest BCUT2D eigenvalue weighted by Crippen LogP contribution is -2.26. The molecule has 0 saturated heterocycles. The topological polar surface area (TPSA) is 42.0 Å². The van der Waals surface area contributed by atoms with Gasteiger partial charge in [-0.3, -0.25) is 4.79 Å². The van der Waals surface area contributed by atoms with Gasteiger partial charge in [0.15, 0.2) is 0 Å². The Morgan fingerprint density at radius 3 is 3.06 bits per heavy atom. The Morgan fingerprint density at radius 1 is 1.50 bits per heavy atom. The smallest absolute Gasteiger partial charge is 0.252 e. The molecular formula is C12H10BrClN2OS. The molecule has 1 N–H and O–H groups in total. The van der Waals surface area contributed by atoms with Gasteiger partial charge < -0.3 is 5.32 Å². The van der Waals surface area contributed by atoms with Gasteiger partial charge in [-0.2, -0.15) is 0 Å². The highest BCUT2D eigenvalue weighted by Crippen LogP contribution is 2.20. The number of amides is 1. The summed E-state index contributed by atoms with van der Waals surface area (Å²) >= 11 is 10.7. The zero-order chi connectivity index (χ0) is 13.0. The van der Waals surface area contributed by atoms with Crippen molar-refractivity contribution in [2.45, 2.75) is 6.42 Å². The van der Waals surface area contributed by atoms with Crippen molar-refractivity contribution in [1.29, 1.82) is 0 Å². The molecule has 1 amide bonds. The lowest BCUT2D eigenvalue weighted by Gasteiger charge is -2.06. The molecule has 1 heterocycles. The van der Waals surface area contributed by atoms with Gasteiger partial charge in [0.1, 0.15) is 0 Å². The number of aromatic nitrogens is 1. The predicted octanol–water partition coefficient (Wildman–Crippen LogP) is 3.53. The number of hydrogen-bond donors (Lipinski definition) is 1. The number of rotatable bonds is 4. The fourth-order valence-electron chi connectivity index (χ4n) is 1.43. The van der Waals surface area contributed by atoms with Crippen LogP contribution in [0.3, 0.4) is 0 Å². The second-order valence-corrected chi connectivity index (χ2v) is 5.62. The van der Waals surface area contributed by atoms with Crippen molar-refractivity contribution < 1.29 is 4.79 Å². The van der Waals surface area contributed by atoms with E-state index in [9.17, 15) is 4.79 Å². The largest absolute Gasteiger partial charge is 0.352 e. The van der Waals surface area contributed by atoms with Crippen molar-refractivity contribution in [2.24, 2.45) is 0 Å². The van der Waals surface area contributed by atoms with E-state index in [0.717, 1.165) is 16.6 Å². The second-order valence-electron chi connectivity index (χ2n) is 3.61. The van der Waals surface area contributed by atoms with Crippen LogP contribution in [0.25, 0.3) is 0 Å². The number of carbonyl (C=O) groups is 1. The predicted molar refractivity (Wildman–Crippen MR) is 77.3 cm³/mol. The van der Waals surface area contributed by atoms with E-state index in [4.69, 9.17) is 11.6 Å². The monoisotopic (exact) mass is 344 g/mol. The molecule has 0 aliphatic rings. The molecule has 1 aromatic carbocycles. The highest BCUT2D eigenvalue weighted by atomic mass is 79.9. The van der Waals surface area contributed by atoms with Gasteiger partial charge in [-0.05, 0) is 34.1 Å². The number of hydrogen-bond acceptors (Lipinski definition) is 3. The summed E-state index contributed by atoms with van der Waals surface area (Å²) in [6.07, 6.45) is 0.730. The zero-order valence-corrected chi connectivity index (χ0v) is 12.5. The number of thiazole rings is 1. The number of halogens is 2. The summed E-state index contributed by atoms with van der Waals surface area (Å²) in [7, 11) is 0. The molecule has 0 aliphatic heterocycles. The van der Waals surface area contributed by atoms with Crippen LogP contribution in [0.1, 0.15) is 16.1 Å². The SMILES string of the molecule is O=C(NCCc1cscn1)c1cc(Cl)ccc1Br. The first-order valence-electron chi connectivity index (χ1n) is 5.27. The van der Waals surface area contributed by atoms with E-state index in [-0.39, 0.29) is 5.91 Å². The second kappa shape index (κ2) is 6.31. The van der Waals surface area contributed by atoms with Crippen molar-refractivity contribution in [3.8, 4) is 0 Å². The van der Waals surface area contributed by atoms with Crippen LogP contribution >= 0.6 is 38.9 Å². The highest BCUT2D eigenvalue weighted by Gasteiger charge is 2.10. The molecule has 3 nitrogen and oxygen atoms in total. The van der Waals surface area contributed by atoms with Crippen LogP contribution in [0.4, 0.5) is 0 Å². The summed E-state index contributed by atoms with van der Waals surface area (Å²) in [4.78, 5) is 16.1. The Balaban J connectivity index is 1.93. The van der Waals surface area contributed by atoms with Crippen LogP contribution in [-0.2, 0) is 6.42 Å². The van der Waals surface area contributed by atoms with Crippen LogP contribution in [0.2, 0.25) is 5.02 Å². The van der Waals surface area contributed by atoms with Gasteiger partial charge in [0, 0.05) is 27.8 Å². The summed E-state index contributed by atoms with van der Waals surface area (Å²) in [5, 5.41) is 5.36. The molecule has 18 heavy (non-hydrogen) atoms. The maximum absolute atomic E-state index is 11.9. The van der Waals surface area contributed by atoms with Crippen molar-refractivity contribution in [3.05, 3.63) is 49.8 Å². The van der Waals surface area contributed by atoms with Gasteiger partial charge in [-0.15, -0.1) is 11.3 Å². The van der Waals surface area contributed by atoms with Gasteiger partial charge in [0.25, 0.3) is 5.91 Å². The lowest BCUT2D eigenvalue weighted by molar-refractivity contribution is 0.0953. The van der Waals surface area contributed by atoms with E-state index < -0.39 is 0 Å². The van der Waals surface area contributed by atoms with Gasteiger partial charge in [0.05, 0.1) is 16.8 Å². The molecule has 0 unspecified atom stereocenters. The molecule has 0 spiro atoms. The fourth-order valence-corrected chi connectivity index (χ4v) is 2.62. The molecule has 1 aromatic heterocycles. The molecule has 2 rings (SSSR count). The van der Waals surface area contributed by atoms with E-state index in [0.29, 0.717) is 17.1 Å². The van der Waals surface area contributed by atoms with E-state index in [2.05, 4.69) is 26.2 Å². The third kappa shape index (κ3) is 3.54. The van der Waals surface area contributed by atoms with Gasteiger partial charge in [-0.25, -0.2) is 4.98 Å². The van der Waals surface area contributed by atoms with Gasteiger partial charge in [0.2, 0.25) is 0 Å². The van der Waals surface area contributed by atoms with Crippen LogP contribution in [-0.4, -0.2) is 17.4 Å². The third-order valence-corrected chi connectivity index (χ3v) is 3.89. The Morgan fingerprint density at radius 2 is 2.33 bits per heavy atom.